The summed E-state index contributed by atoms with van der Waals surface area (Å²) >= 11 is 0. The molecule has 0 radical (unpaired) electrons. The quantitative estimate of drug-likeness (QED) is 0.286. The van der Waals surface area contributed by atoms with E-state index in [0.29, 0.717) is 11.3 Å². The molecule has 1 heterocycles. The van der Waals surface area contributed by atoms with Gasteiger partial charge in [-0.15, -0.1) is 0 Å². The maximum Gasteiger partial charge on any atom is 0.295 e. The lowest BCUT2D eigenvalue weighted by Gasteiger charge is -2.21. The molecule has 1 aliphatic heterocycles. The summed E-state index contributed by atoms with van der Waals surface area (Å²) < 4.78 is 5.27. The third-order valence-corrected chi connectivity index (χ3v) is 4.68. The molecule has 1 atom stereocenters. The second-order valence-corrected chi connectivity index (χ2v) is 6.47. The fourth-order valence-corrected chi connectivity index (χ4v) is 3.30. The smallest absolute Gasteiger partial charge is 0.295 e. The maximum atomic E-state index is 12.6. The van der Waals surface area contributed by atoms with Crippen LogP contribution in [0.1, 0.15) is 22.7 Å². The van der Waals surface area contributed by atoms with Crippen molar-refractivity contribution in [2.75, 3.05) is 14.2 Å². The molecule has 0 bridgehead atoms. The van der Waals surface area contributed by atoms with Gasteiger partial charge in [0, 0.05) is 19.2 Å². The van der Waals surface area contributed by atoms with E-state index < -0.39 is 22.7 Å². The lowest BCUT2D eigenvalue weighted by Crippen LogP contribution is -2.24. The van der Waals surface area contributed by atoms with Crippen LogP contribution in [0.15, 0.2) is 48.0 Å². The lowest BCUT2D eigenvalue weighted by molar-refractivity contribution is -0.384. The van der Waals surface area contributed by atoms with E-state index >= 15 is 0 Å². The van der Waals surface area contributed by atoms with Crippen LogP contribution >= 0.6 is 0 Å². The van der Waals surface area contributed by atoms with Gasteiger partial charge in [0.2, 0.25) is 0 Å². The minimum absolute atomic E-state index is 0.142. The first-order chi connectivity index (χ1) is 13.3. The van der Waals surface area contributed by atoms with Crippen molar-refractivity contribution in [2.45, 2.75) is 13.0 Å². The van der Waals surface area contributed by atoms with Gasteiger partial charge in [0.15, 0.2) is 0 Å². The molecule has 0 saturated carbocycles. The molecule has 1 unspecified atom stereocenters. The predicted molar refractivity (Wildman–Crippen MR) is 101 cm³/mol. The monoisotopic (exact) mass is 382 g/mol. The molecule has 1 amide bonds. The number of likely N-dealkylation sites (N-methyl/N-ethyl adjacent to an activating group) is 1. The van der Waals surface area contributed by atoms with E-state index in [4.69, 9.17) is 4.74 Å². The molecule has 0 aromatic heterocycles. The molecule has 8 heteroatoms. The summed E-state index contributed by atoms with van der Waals surface area (Å²) in [7, 11) is 2.84. The van der Waals surface area contributed by atoms with Gasteiger partial charge >= 0.3 is 0 Å². The molecule has 2 aromatic rings. The Balaban J connectivity index is 2.25. The summed E-state index contributed by atoms with van der Waals surface area (Å²) in [5.41, 5.74) is 1.12. The van der Waals surface area contributed by atoms with Crippen molar-refractivity contribution in [3.8, 4) is 5.75 Å². The highest BCUT2D eigenvalue weighted by molar-refractivity contribution is 6.46. The van der Waals surface area contributed by atoms with Crippen LogP contribution in [0.25, 0.3) is 5.76 Å². The molecule has 1 saturated heterocycles. The van der Waals surface area contributed by atoms with E-state index in [-0.39, 0.29) is 22.6 Å². The number of ketones is 1. The van der Waals surface area contributed by atoms with Crippen molar-refractivity contribution in [2.24, 2.45) is 0 Å². The number of nitro groups is 1. The minimum atomic E-state index is -0.954. The number of hydrogen-bond acceptors (Lipinski definition) is 6. The molecular formula is C20H18N2O6. The lowest BCUT2D eigenvalue weighted by atomic mass is 9.94. The Bertz CT molecular complexity index is 1030. The number of hydrogen-bond donors (Lipinski definition) is 1. The van der Waals surface area contributed by atoms with E-state index in [9.17, 15) is 24.8 Å². The normalized spacial score (nSPS) is 18.4. The number of rotatable bonds is 4. The van der Waals surface area contributed by atoms with Gasteiger partial charge in [-0.25, -0.2) is 0 Å². The molecule has 144 valence electrons. The van der Waals surface area contributed by atoms with E-state index in [1.807, 2.05) is 6.92 Å². The van der Waals surface area contributed by atoms with Crippen molar-refractivity contribution in [3.63, 3.8) is 0 Å². The number of methoxy groups -OCH3 is 1. The highest BCUT2D eigenvalue weighted by Crippen LogP contribution is 2.40. The Morgan fingerprint density at radius 3 is 2.57 bits per heavy atom. The number of likely N-dealkylation sites (tertiary alicyclic amines) is 1. The predicted octanol–water partition coefficient (Wildman–Crippen LogP) is 2.96. The maximum absolute atomic E-state index is 12.6. The number of benzene rings is 2. The van der Waals surface area contributed by atoms with Crippen LogP contribution in [0, 0.1) is 17.0 Å². The summed E-state index contributed by atoms with van der Waals surface area (Å²) in [6.45, 7) is 1.81. The Kier molecular flexibility index (Phi) is 4.87. The van der Waals surface area contributed by atoms with Gasteiger partial charge in [0.1, 0.15) is 11.5 Å². The Labute approximate surface area is 160 Å². The zero-order valence-corrected chi connectivity index (χ0v) is 15.5. The van der Waals surface area contributed by atoms with Crippen molar-refractivity contribution in [1.82, 2.24) is 4.90 Å². The molecule has 0 aliphatic carbocycles. The standard InChI is InChI=1S/C20H18N2O6/c1-11-7-8-15(28-3)14(9-11)18(23)16-17(21(2)20(25)19(16)24)12-5-4-6-13(10-12)22(26)27/h4-10,17,23H,1-3H3/b18-16+. The molecule has 28 heavy (non-hydrogen) atoms. The third-order valence-electron chi connectivity index (χ3n) is 4.68. The molecular weight excluding hydrogens is 364 g/mol. The second-order valence-electron chi connectivity index (χ2n) is 6.47. The number of nitro benzene ring substituents is 1. The summed E-state index contributed by atoms with van der Waals surface area (Å²) in [6.07, 6.45) is 0. The van der Waals surface area contributed by atoms with Crippen LogP contribution in [0.4, 0.5) is 5.69 Å². The number of carbonyl (C=O) groups excluding carboxylic acids is 2. The van der Waals surface area contributed by atoms with Gasteiger partial charge in [0.05, 0.1) is 29.2 Å². The molecule has 3 rings (SSSR count). The number of aliphatic hydroxyl groups excluding tert-OH is 1. The first-order valence-electron chi connectivity index (χ1n) is 8.40. The van der Waals surface area contributed by atoms with Crippen molar-refractivity contribution >= 4 is 23.1 Å². The highest BCUT2D eigenvalue weighted by atomic mass is 16.6. The summed E-state index contributed by atoms with van der Waals surface area (Å²) in [5, 5.41) is 22.1. The van der Waals surface area contributed by atoms with Gasteiger partial charge in [-0.05, 0) is 24.6 Å². The summed E-state index contributed by atoms with van der Waals surface area (Å²) in [6, 6.07) is 9.76. The number of Topliss-reactive ketones (excluding diaryl/α,β-unsaturated/α-hetero) is 1. The number of aryl methyl sites for hydroxylation is 1. The number of non-ortho nitro benzene ring substituents is 1. The molecule has 1 aliphatic rings. The first kappa shape index (κ1) is 19.1. The van der Waals surface area contributed by atoms with Crippen LogP contribution < -0.4 is 4.74 Å². The average Bonchev–Trinajstić information content (AvgIpc) is 2.91. The number of carbonyl (C=O) groups is 2. The average molecular weight is 382 g/mol. The van der Waals surface area contributed by atoms with Gasteiger partial charge in [-0.3, -0.25) is 19.7 Å². The van der Waals surface area contributed by atoms with Crippen molar-refractivity contribution in [3.05, 3.63) is 74.8 Å². The van der Waals surface area contributed by atoms with Crippen molar-refractivity contribution in [1.29, 1.82) is 0 Å². The SMILES string of the molecule is COc1ccc(C)cc1/C(O)=C1\C(=O)C(=O)N(C)C1c1cccc([N+](=O)[O-])c1. The zero-order valence-electron chi connectivity index (χ0n) is 15.5. The summed E-state index contributed by atoms with van der Waals surface area (Å²) in [5.74, 6) is -1.72. The van der Waals surface area contributed by atoms with E-state index in [1.165, 1.54) is 32.4 Å². The van der Waals surface area contributed by atoms with Crippen LogP contribution in [0.5, 0.6) is 5.75 Å². The van der Waals surface area contributed by atoms with Crippen LogP contribution in [0.2, 0.25) is 0 Å². The van der Waals surface area contributed by atoms with Gasteiger partial charge in [0.25, 0.3) is 17.4 Å². The molecule has 1 N–H and O–H groups in total. The Morgan fingerprint density at radius 1 is 1.21 bits per heavy atom. The molecule has 1 fully saturated rings. The minimum Gasteiger partial charge on any atom is -0.507 e. The topological polar surface area (TPSA) is 110 Å². The fraction of sp³-hybridized carbons (Fsp3) is 0.200. The number of ether oxygens (including phenoxy) is 1. The van der Waals surface area contributed by atoms with Crippen LogP contribution in [0.3, 0.4) is 0 Å². The number of aliphatic hydroxyl groups is 1. The fourth-order valence-electron chi connectivity index (χ4n) is 3.30. The second kappa shape index (κ2) is 7.15. The Morgan fingerprint density at radius 2 is 1.93 bits per heavy atom. The molecule has 0 spiro atoms. The van der Waals surface area contributed by atoms with Gasteiger partial charge in [-0.1, -0.05) is 23.8 Å². The van der Waals surface area contributed by atoms with Crippen molar-refractivity contribution < 1.29 is 24.4 Å². The van der Waals surface area contributed by atoms with Gasteiger partial charge in [-0.2, -0.15) is 0 Å². The van der Waals surface area contributed by atoms with Gasteiger partial charge < -0.3 is 14.7 Å². The van der Waals surface area contributed by atoms with E-state index in [1.54, 1.807) is 24.3 Å². The zero-order chi connectivity index (χ0) is 20.6. The van der Waals surface area contributed by atoms with Crippen LogP contribution in [-0.4, -0.2) is 40.8 Å². The Hall–Kier alpha value is -3.68. The van der Waals surface area contributed by atoms with E-state index in [2.05, 4.69) is 0 Å². The largest absolute Gasteiger partial charge is 0.507 e. The number of nitrogens with zero attached hydrogens (tertiary/aromatic N) is 2. The first-order valence-corrected chi connectivity index (χ1v) is 8.40. The third kappa shape index (κ3) is 3.09. The number of amides is 1. The van der Waals surface area contributed by atoms with E-state index in [0.717, 1.165) is 10.5 Å². The highest BCUT2D eigenvalue weighted by Gasteiger charge is 2.44. The molecule has 2 aromatic carbocycles. The summed E-state index contributed by atoms with van der Waals surface area (Å²) in [4.78, 5) is 36.7. The van der Waals surface area contributed by atoms with Crippen LogP contribution in [-0.2, 0) is 9.59 Å². The molecule has 8 nitrogen and oxygen atoms in total.